The van der Waals surface area contributed by atoms with E-state index in [0.717, 1.165) is 0 Å². The molecule has 0 aliphatic carbocycles. The largest absolute Gasteiger partial charge is 0.462 e. The summed E-state index contributed by atoms with van der Waals surface area (Å²) in [5.41, 5.74) is -0.0286. The topological polar surface area (TPSA) is 26.3 Å². The Morgan fingerprint density at radius 1 is 1.59 bits per heavy atom. The van der Waals surface area contributed by atoms with E-state index in [1.165, 1.54) is 17.8 Å². The van der Waals surface area contributed by atoms with Gasteiger partial charge in [-0.25, -0.2) is 9.18 Å². The van der Waals surface area contributed by atoms with Gasteiger partial charge in [0.1, 0.15) is 0 Å². The molecule has 0 bridgehead atoms. The maximum atomic E-state index is 13.9. The molecule has 17 heavy (non-hydrogen) atoms. The van der Waals surface area contributed by atoms with Gasteiger partial charge < -0.3 is 4.74 Å². The van der Waals surface area contributed by atoms with Gasteiger partial charge in [-0.1, -0.05) is 6.07 Å². The van der Waals surface area contributed by atoms with Crippen molar-refractivity contribution < 1.29 is 13.9 Å². The number of rotatable bonds is 5. The normalized spacial score (nSPS) is 12.2. The standard InChI is InChI=1S/C12H14ClFO2S/c1-3-16-12(15)9-5-4-6-10(11(9)14)17-7-8(2)13/h4-6,8H,3,7H2,1-2H3. The van der Waals surface area contributed by atoms with Crippen LogP contribution in [0.1, 0.15) is 24.2 Å². The quantitative estimate of drug-likeness (QED) is 0.466. The van der Waals surface area contributed by atoms with Crippen LogP contribution in [0, 0.1) is 5.82 Å². The number of carbonyl (C=O) groups is 1. The molecular formula is C12H14ClFO2S. The Hall–Kier alpha value is -0.740. The summed E-state index contributed by atoms with van der Waals surface area (Å²) < 4.78 is 18.7. The van der Waals surface area contributed by atoms with Gasteiger partial charge in [0.05, 0.1) is 12.2 Å². The average Bonchev–Trinajstić information content (AvgIpc) is 2.27. The highest BCUT2D eigenvalue weighted by molar-refractivity contribution is 7.99. The predicted octanol–water partition coefficient (Wildman–Crippen LogP) is 3.72. The molecule has 0 aromatic heterocycles. The number of thioether (sulfide) groups is 1. The van der Waals surface area contributed by atoms with Crippen LogP contribution < -0.4 is 0 Å². The second-order valence-corrected chi connectivity index (χ2v) is 5.24. The van der Waals surface area contributed by atoms with E-state index in [9.17, 15) is 9.18 Å². The zero-order chi connectivity index (χ0) is 12.8. The van der Waals surface area contributed by atoms with Crippen LogP contribution in [0.4, 0.5) is 4.39 Å². The van der Waals surface area contributed by atoms with Crippen LogP contribution in [0.25, 0.3) is 0 Å². The molecule has 1 aromatic carbocycles. The van der Waals surface area contributed by atoms with Gasteiger partial charge in [-0.15, -0.1) is 23.4 Å². The molecule has 0 saturated carbocycles. The van der Waals surface area contributed by atoms with Gasteiger partial charge in [0.25, 0.3) is 0 Å². The summed E-state index contributed by atoms with van der Waals surface area (Å²) >= 11 is 7.09. The highest BCUT2D eigenvalue weighted by atomic mass is 35.5. The molecule has 0 saturated heterocycles. The Kier molecular flexibility index (Phi) is 5.78. The van der Waals surface area contributed by atoms with Crippen LogP contribution in [0.15, 0.2) is 23.1 Å². The van der Waals surface area contributed by atoms with Crippen molar-refractivity contribution in [2.75, 3.05) is 12.4 Å². The third kappa shape index (κ3) is 4.21. The number of halogens is 2. The van der Waals surface area contributed by atoms with Gasteiger partial charge in [0.2, 0.25) is 0 Å². The van der Waals surface area contributed by atoms with Crippen molar-refractivity contribution in [3.05, 3.63) is 29.6 Å². The lowest BCUT2D eigenvalue weighted by molar-refractivity contribution is 0.0520. The van der Waals surface area contributed by atoms with E-state index in [2.05, 4.69) is 0 Å². The molecule has 1 aromatic rings. The number of alkyl halides is 1. The van der Waals surface area contributed by atoms with Crippen LogP contribution in [-0.4, -0.2) is 23.7 Å². The maximum Gasteiger partial charge on any atom is 0.341 e. The first-order chi connectivity index (χ1) is 8.06. The molecule has 0 radical (unpaired) electrons. The zero-order valence-electron chi connectivity index (χ0n) is 9.70. The molecule has 94 valence electrons. The molecule has 1 unspecified atom stereocenters. The minimum absolute atomic E-state index is 0.0286. The first-order valence-electron chi connectivity index (χ1n) is 5.28. The summed E-state index contributed by atoms with van der Waals surface area (Å²) in [6.45, 7) is 3.75. The van der Waals surface area contributed by atoms with Gasteiger partial charge in [-0.3, -0.25) is 0 Å². The summed E-state index contributed by atoms with van der Waals surface area (Å²) in [6, 6.07) is 4.68. The molecular weight excluding hydrogens is 263 g/mol. The molecule has 0 aliphatic heterocycles. The van der Waals surface area contributed by atoms with Crippen LogP contribution in [-0.2, 0) is 4.74 Å². The molecule has 0 heterocycles. The third-order valence-electron chi connectivity index (χ3n) is 1.93. The van der Waals surface area contributed by atoms with Crippen LogP contribution in [0.2, 0.25) is 0 Å². The second-order valence-electron chi connectivity index (χ2n) is 3.43. The third-order valence-corrected chi connectivity index (χ3v) is 3.56. The Bertz CT molecular complexity index is 396. The fourth-order valence-electron chi connectivity index (χ4n) is 1.19. The lowest BCUT2D eigenvalue weighted by atomic mass is 10.2. The van der Waals surface area contributed by atoms with Crippen molar-refractivity contribution in [3.63, 3.8) is 0 Å². The fraction of sp³-hybridized carbons (Fsp3) is 0.417. The van der Waals surface area contributed by atoms with Gasteiger partial charge >= 0.3 is 5.97 Å². The molecule has 0 fully saturated rings. The number of esters is 1. The summed E-state index contributed by atoms with van der Waals surface area (Å²) in [7, 11) is 0. The number of carbonyl (C=O) groups excluding carboxylic acids is 1. The summed E-state index contributed by atoms with van der Waals surface area (Å²) in [5, 5.41) is -0.0503. The summed E-state index contributed by atoms with van der Waals surface area (Å²) in [6.07, 6.45) is 0. The summed E-state index contributed by atoms with van der Waals surface area (Å²) in [4.78, 5) is 11.9. The van der Waals surface area contributed by atoms with E-state index < -0.39 is 11.8 Å². The van der Waals surface area contributed by atoms with E-state index in [4.69, 9.17) is 16.3 Å². The van der Waals surface area contributed by atoms with Gasteiger partial charge in [-0.2, -0.15) is 0 Å². The Labute approximate surface area is 109 Å². The van der Waals surface area contributed by atoms with E-state index in [-0.39, 0.29) is 17.5 Å². The van der Waals surface area contributed by atoms with Gasteiger partial charge in [-0.05, 0) is 26.0 Å². The SMILES string of the molecule is CCOC(=O)c1cccc(SCC(C)Cl)c1F. The number of benzene rings is 1. The molecule has 1 atom stereocenters. The molecule has 2 nitrogen and oxygen atoms in total. The van der Waals surface area contributed by atoms with Crippen LogP contribution >= 0.6 is 23.4 Å². The molecule has 1 rings (SSSR count). The zero-order valence-corrected chi connectivity index (χ0v) is 11.3. The van der Waals surface area contributed by atoms with Crippen molar-refractivity contribution >= 4 is 29.3 Å². The van der Waals surface area contributed by atoms with E-state index in [1.54, 1.807) is 19.1 Å². The predicted molar refractivity (Wildman–Crippen MR) is 68.4 cm³/mol. The van der Waals surface area contributed by atoms with Crippen molar-refractivity contribution in [2.24, 2.45) is 0 Å². The number of ether oxygens (including phenoxy) is 1. The molecule has 0 aliphatic rings. The van der Waals surface area contributed by atoms with Crippen molar-refractivity contribution in [3.8, 4) is 0 Å². The smallest absolute Gasteiger partial charge is 0.341 e. The average molecular weight is 277 g/mol. The Morgan fingerprint density at radius 2 is 2.29 bits per heavy atom. The first-order valence-corrected chi connectivity index (χ1v) is 6.71. The minimum atomic E-state index is -0.633. The number of hydrogen-bond donors (Lipinski definition) is 0. The molecule has 0 amide bonds. The van der Waals surface area contributed by atoms with Gasteiger partial charge in [0.15, 0.2) is 5.82 Å². The van der Waals surface area contributed by atoms with E-state index in [0.29, 0.717) is 10.6 Å². The maximum absolute atomic E-state index is 13.9. The van der Waals surface area contributed by atoms with Crippen molar-refractivity contribution in [2.45, 2.75) is 24.1 Å². The number of hydrogen-bond acceptors (Lipinski definition) is 3. The van der Waals surface area contributed by atoms with Crippen LogP contribution in [0.5, 0.6) is 0 Å². The lowest BCUT2D eigenvalue weighted by Gasteiger charge is -2.08. The van der Waals surface area contributed by atoms with E-state index in [1.807, 2.05) is 6.92 Å². The summed E-state index contributed by atoms with van der Waals surface area (Å²) in [5.74, 6) is -0.579. The highest BCUT2D eigenvalue weighted by Gasteiger charge is 2.16. The van der Waals surface area contributed by atoms with Crippen molar-refractivity contribution in [1.82, 2.24) is 0 Å². The first kappa shape index (κ1) is 14.3. The Balaban J connectivity index is 2.87. The highest BCUT2D eigenvalue weighted by Crippen LogP contribution is 2.26. The monoisotopic (exact) mass is 276 g/mol. The fourth-order valence-corrected chi connectivity index (χ4v) is 2.20. The van der Waals surface area contributed by atoms with E-state index >= 15 is 0 Å². The molecule has 0 spiro atoms. The van der Waals surface area contributed by atoms with Gasteiger partial charge in [0, 0.05) is 16.0 Å². The van der Waals surface area contributed by atoms with Crippen LogP contribution in [0.3, 0.4) is 0 Å². The minimum Gasteiger partial charge on any atom is -0.462 e. The second kappa shape index (κ2) is 6.87. The molecule has 5 heteroatoms. The lowest BCUT2D eigenvalue weighted by Crippen LogP contribution is -2.08. The molecule has 0 N–H and O–H groups in total. The van der Waals surface area contributed by atoms with Crippen molar-refractivity contribution in [1.29, 1.82) is 0 Å². The Morgan fingerprint density at radius 3 is 2.88 bits per heavy atom.